The molecule has 2 heterocycles. The minimum Gasteiger partial charge on any atom is -0.355 e. The summed E-state index contributed by atoms with van der Waals surface area (Å²) in [5.74, 6) is -0.252. The van der Waals surface area contributed by atoms with Crippen molar-refractivity contribution in [2.75, 3.05) is 24.5 Å². The number of carbonyl (C=O) groups excluding carboxylic acids is 1. The van der Waals surface area contributed by atoms with Crippen LogP contribution in [-0.4, -0.2) is 45.4 Å². The fourth-order valence-electron chi connectivity index (χ4n) is 1.88. The Morgan fingerprint density at radius 3 is 2.76 bits per heavy atom. The molecule has 0 radical (unpaired) electrons. The number of likely N-dealkylation sites (N-methyl/N-ethyl adjacent to an activating group) is 2. The first kappa shape index (κ1) is 15.1. The van der Waals surface area contributed by atoms with Gasteiger partial charge in [0.05, 0.1) is 6.54 Å². The van der Waals surface area contributed by atoms with Crippen molar-refractivity contribution in [3.05, 3.63) is 18.0 Å². The zero-order valence-corrected chi connectivity index (χ0v) is 11.8. The molecular weight excluding hydrogens is 282 g/mol. The van der Waals surface area contributed by atoms with Crippen LogP contribution in [0.15, 0.2) is 12.1 Å². The molecule has 0 saturated heterocycles. The first-order chi connectivity index (χ1) is 10.1. The summed E-state index contributed by atoms with van der Waals surface area (Å²) >= 11 is 0. The smallest absolute Gasteiger partial charge is 0.299 e. The van der Waals surface area contributed by atoms with Gasteiger partial charge in [-0.05, 0) is 26.0 Å². The number of amides is 1. The molecule has 0 aliphatic carbocycles. The molecule has 2 aromatic rings. The topological polar surface area (TPSA) is 75.4 Å². The second kappa shape index (κ2) is 6.42. The zero-order valence-electron chi connectivity index (χ0n) is 11.8. The van der Waals surface area contributed by atoms with Crippen LogP contribution in [-0.2, 0) is 4.79 Å². The average molecular weight is 298 g/mol. The lowest BCUT2D eigenvalue weighted by atomic mass is 10.4. The van der Waals surface area contributed by atoms with Crippen LogP contribution in [0.25, 0.3) is 5.65 Å². The summed E-state index contributed by atoms with van der Waals surface area (Å²) in [5, 5.41) is 13.8. The minimum absolute atomic E-state index is 0.106. The van der Waals surface area contributed by atoms with Gasteiger partial charge in [0.2, 0.25) is 11.7 Å². The van der Waals surface area contributed by atoms with Crippen LogP contribution >= 0.6 is 0 Å². The van der Waals surface area contributed by atoms with Crippen molar-refractivity contribution in [2.45, 2.75) is 20.3 Å². The van der Waals surface area contributed by atoms with Gasteiger partial charge in [-0.15, -0.1) is 15.3 Å². The third-order valence-corrected chi connectivity index (χ3v) is 2.88. The number of fused-ring (bicyclic) bond motifs is 1. The van der Waals surface area contributed by atoms with Crippen LogP contribution < -0.4 is 10.2 Å². The molecule has 1 N–H and O–H groups in total. The van der Waals surface area contributed by atoms with Crippen molar-refractivity contribution in [1.82, 2.24) is 25.1 Å². The Labute approximate surface area is 120 Å². The van der Waals surface area contributed by atoms with Crippen LogP contribution in [0, 0.1) is 0 Å². The first-order valence-corrected chi connectivity index (χ1v) is 6.59. The van der Waals surface area contributed by atoms with Crippen molar-refractivity contribution < 1.29 is 13.6 Å². The van der Waals surface area contributed by atoms with E-state index in [1.54, 1.807) is 17.0 Å². The second-order valence-corrected chi connectivity index (χ2v) is 4.29. The van der Waals surface area contributed by atoms with E-state index in [2.05, 4.69) is 20.6 Å². The Hall–Kier alpha value is -2.32. The lowest BCUT2D eigenvalue weighted by Gasteiger charge is -2.21. The fraction of sp³-hybridized carbons (Fsp3) is 0.500. The third-order valence-electron chi connectivity index (χ3n) is 2.88. The summed E-state index contributed by atoms with van der Waals surface area (Å²) < 4.78 is 26.6. The van der Waals surface area contributed by atoms with E-state index in [4.69, 9.17) is 0 Å². The lowest BCUT2D eigenvalue weighted by molar-refractivity contribution is -0.119. The number of anilines is 1. The molecule has 21 heavy (non-hydrogen) atoms. The number of rotatable bonds is 6. The Balaban J connectivity index is 2.31. The molecule has 0 unspecified atom stereocenters. The molecule has 0 aromatic carbocycles. The van der Waals surface area contributed by atoms with E-state index in [9.17, 15) is 13.6 Å². The predicted molar refractivity (Wildman–Crippen MR) is 72.3 cm³/mol. The molecule has 114 valence electrons. The summed E-state index contributed by atoms with van der Waals surface area (Å²) in [7, 11) is 0. The summed E-state index contributed by atoms with van der Waals surface area (Å²) in [6, 6.07) is 3.17. The summed E-state index contributed by atoms with van der Waals surface area (Å²) in [6.07, 6.45) is -2.76. The van der Waals surface area contributed by atoms with Crippen molar-refractivity contribution in [3.63, 3.8) is 0 Å². The minimum atomic E-state index is -2.76. The van der Waals surface area contributed by atoms with Gasteiger partial charge in [0, 0.05) is 13.1 Å². The number of aromatic nitrogens is 4. The quantitative estimate of drug-likeness (QED) is 0.862. The van der Waals surface area contributed by atoms with E-state index >= 15 is 0 Å². The first-order valence-electron chi connectivity index (χ1n) is 6.59. The summed E-state index contributed by atoms with van der Waals surface area (Å²) in [4.78, 5) is 13.3. The Bertz CT molecular complexity index is 629. The lowest BCUT2D eigenvalue weighted by Crippen LogP contribution is -2.37. The van der Waals surface area contributed by atoms with E-state index < -0.39 is 12.2 Å². The second-order valence-electron chi connectivity index (χ2n) is 4.29. The molecule has 2 aromatic heterocycles. The van der Waals surface area contributed by atoms with Gasteiger partial charge in [-0.25, -0.2) is 8.78 Å². The van der Waals surface area contributed by atoms with Crippen molar-refractivity contribution in [3.8, 4) is 0 Å². The normalized spacial score (nSPS) is 11.1. The van der Waals surface area contributed by atoms with Gasteiger partial charge in [-0.3, -0.25) is 4.79 Å². The van der Waals surface area contributed by atoms with E-state index in [1.807, 2.05) is 13.8 Å². The number of nitrogens with zero attached hydrogens (tertiary/aromatic N) is 5. The van der Waals surface area contributed by atoms with E-state index in [0.717, 1.165) is 4.52 Å². The molecule has 0 atom stereocenters. The van der Waals surface area contributed by atoms with Crippen LogP contribution in [0.2, 0.25) is 0 Å². The van der Waals surface area contributed by atoms with Crippen molar-refractivity contribution >= 4 is 17.4 Å². The van der Waals surface area contributed by atoms with Gasteiger partial charge in [-0.2, -0.15) is 4.52 Å². The van der Waals surface area contributed by atoms with Gasteiger partial charge in [0.15, 0.2) is 5.65 Å². The SMILES string of the molecule is CCNC(=O)CN(CC)c1ccc2nnc(C(F)F)n2n1. The standard InChI is InChI=1S/C12H16F2N6O/c1-3-15-10(21)7-19(4-2)9-6-5-8-16-17-12(11(13)14)20(8)18-9/h5-6,11H,3-4,7H2,1-2H3,(H,15,21). The number of hydrogen-bond acceptors (Lipinski definition) is 5. The molecule has 0 saturated carbocycles. The molecule has 0 aliphatic heterocycles. The Kier molecular flexibility index (Phi) is 4.61. The van der Waals surface area contributed by atoms with Crippen LogP contribution in [0.5, 0.6) is 0 Å². The monoisotopic (exact) mass is 298 g/mol. The number of hydrogen-bond donors (Lipinski definition) is 1. The van der Waals surface area contributed by atoms with E-state index in [1.165, 1.54) is 0 Å². The van der Waals surface area contributed by atoms with E-state index in [-0.39, 0.29) is 18.1 Å². The highest BCUT2D eigenvalue weighted by atomic mass is 19.3. The molecule has 7 nitrogen and oxygen atoms in total. The van der Waals surface area contributed by atoms with E-state index in [0.29, 0.717) is 18.9 Å². The number of nitrogens with one attached hydrogen (secondary N) is 1. The number of alkyl halides is 2. The molecule has 0 fully saturated rings. The molecule has 0 aliphatic rings. The number of halogens is 2. The fourth-order valence-corrected chi connectivity index (χ4v) is 1.88. The molecule has 1 amide bonds. The molecular formula is C12H16F2N6O. The van der Waals surface area contributed by atoms with Crippen LogP contribution in [0.3, 0.4) is 0 Å². The highest BCUT2D eigenvalue weighted by Crippen LogP contribution is 2.18. The van der Waals surface area contributed by atoms with Crippen LogP contribution in [0.4, 0.5) is 14.6 Å². The van der Waals surface area contributed by atoms with Gasteiger partial charge in [0.25, 0.3) is 6.43 Å². The maximum Gasteiger partial charge on any atom is 0.299 e. The molecule has 0 bridgehead atoms. The highest BCUT2D eigenvalue weighted by Gasteiger charge is 2.18. The maximum atomic E-state index is 12.8. The van der Waals surface area contributed by atoms with Gasteiger partial charge >= 0.3 is 0 Å². The zero-order chi connectivity index (χ0) is 15.4. The largest absolute Gasteiger partial charge is 0.355 e. The van der Waals surface area contributed by atoms with Crippen LogP contribution in [0.1, 0.15) is 26.1 Å². The van der Waals surface area contributed by atoms with Gasteiger partial charge in [0.1, 0.15) is 5.82 Å². The van der Waals surface area contributed by atoms with Crippen molar-refractivity contribution in [1.29, 1.82) is 0 Å². The molecule has 0 spiro atoms. The number of carbonyl (C=O) groups is 1. The Morgan fingerprint density at radius 1 is 1.38 bits per heavy atom. The predicted octanol–water partition coefficient (Wildman–Crippen LogP) is 1.02. The summed E-state index contributed by atoms with van der Waals surface area (Å²) in [6.45, 7) is 4.83. The Morgan fingerprint density at radius 2 is 2.14 bits per heavy atom. The molecule has 2 rings (SSSR count). The highest BCUT2D eigenvalue weighted by molar-refractivity contribution is 5.80. The van der Waals surface area contributed by atoms with Gasteiger partial charge in [-0.1, -0.05) is 0 Å². The third kappa shape index (κ3) is 3.23. The average Bonchev–Trinajstić information content (AvgIpc) is 2.88. The van der Waals surface area contributed by atoms with Gasteiger partial charge < -0.3 is 10.2 Å². The van der Waals surface area contributed by atoms with Crippen molar-refractivity contribution in [2.24, 2.45) is 0 Å². The molecule has 9 heteroatoms. The maximum absolute atomic E-state index is 12.8. The summed E-state index contributed by atoms with van der Waals surface area (Å²) in [5.41, 5.74) is 0.239.